The lowest BCUT2D eigenvalue weighted by atomic mass is 10.2. The predicted molar refractivity (Wildman–Crippen MR) is 67.2 cm³/mol. The molecule has 98 valence electrons. The second-order valence-electron chi connectivity index (χ2n) is 3.52. The van der Waals surface area contributed by atoms with Gasteiger partial charge >= 0.3 is 5.97 Å². The van der Waals surface area contributed by atoms with Crippen molar-refractivity contribution in [3.05, 3.63) is 39.3 Å². The Hall–Kier alpha value is -2.28. The summed E-state index contributed by atoms with van der Waals surface area (Å²) < 4.78 is 4.75. The quantitative estimate of drug-likeness (QED) is 0.371. The molecule has 0 aliphatic heterocycles. The second-order valence-corrected chi connectivity index (χ2v) is 3.88. The van der Waals surface area contributed by atoms with Gasteiger partial charge in [-0.25, -0.2) is 14.8 Å². The summed E-state index contributed by atoms with van der Waals surface area (Å²) in [4.78, 5) is 29.4. The molecule has 0 saturated carbocycles. The lowest BCUT2D eigenvalue weighted by molar-refractivity contribution is -0.384. The Labute approximate surface area is 112 Å². The van der Waals surface area contributed by atoms with Gasteiger partial charge in [0.15, 0.2) is 0 Å². The number of carbonyl (C=O) groups is 1. The van der Waals surface area contributed by atoms with Gasteiger partial charge in [-0.15, -0.1) is 0 Å². The Bertz CT molecular complexity index is 674. The van der Waals surface area contributed by atoms with Gasteiger partial charge in [-0.2, -0.15) is 0 Å². The van der Waals surface area contributed by atoms with Crippen LogP contribution in [0.4, 0.5) is 5.69 Å². The van der Waals surface area contributed by atoms with E-state index in [2.05, 4.69) is 9.97 Å². The molecule has 0 atom stereocenters. The zero-order chi connectivity index (χ0) is 14.0. The number of benzene rings is 1. The minimum absolute atomic E-state index is 0.0444. The Morgan fingerprint density at radius 2 is 2.21 bits per heavy atom. The third-order valence-electron chi connectivity index (χ3n) is 2.30. The molecule has 0 aliphatic carbocycles. The maximum Gasteiger partial charge on any atom is 0.376 e. The predicted octanol–water partition coefficient (Wildman–Crippen LogP) is 2.37. The molecule has 0 spiro atoms. The maximum atomic E-state index is 11.5. The Kier molecular flexibility index (Phi) is 3.57. The fraction of sp³-hybridized carbons (Fsp3) is 0.182. The van der Waals surface area contributed by atoms with Crippen molar-refractivity contribution in [1.82, 2.24) is 9.97 Å². The number of rotatable bonds is 3. The lowest BCUT2D eigenvalue weighted by Gasteiger charge is -2.03. The minimum atomic E-state index is -0.724. The normalized spacial score (nSPS) is 10.4. The highest BCUT2D eigenvalue weighted by molar-refractivity contribution is 6.34. The van der Waals surface area contributed by atoms with Crippen molar-refractivity contribution >= 4 is 34.2 Å². The molecule has 1 aromatic heterocycles. The SMILES string of the molecule is CCOC(=O)c1nc(Cl)c2ccc([N+](=O)[O-])cc2n1. The van der Waals surface area contributed by atoms with Crippen LogP contribution in [0.1, 0.15) is 17.5 Å². The standard InChI is InChI=1S/C11H8ClN3O4/c1-2-19-11(16)10-13-8-5-6(15(17)18)3-4-7(8)9(12)14-10/h3-5H,2H2,1H3. The van der Waals surface area contributed by atoms with Gasteiger partial charge < -0.3 is 4.74 Å². The molecule has 2 rings (SSSR count). The highest BCUT2D eigenvalue weighted by Gasteiger charge is 2.16. The zero-order valence-corrected chi connectivity index (χ0v) is 10.5. The van der Waals surface area contributed by atoms with Crippen molar-refractivity contribution in [3.8, 4) is 0 Å². The zero-order valence-electron chi connectivity index (χ0n) is 9.79. The first-order valence-electron chi connectivity index (χ1n) is 5.31. The van der Waals surface area contributed by atoms with Crippen LogP contribution in [0.15, 0.2) is 18.2 Å². The molecule has 0 saturated heterocycles. The van der Waals surface area contributed by atoms with Crippen LogP contribution < -0.4 is 0 Å². The molecular weight excluding hydrogens is 274 g/mol. The number of aromatic nitrogens is 2. The van der Waals surface area contributed by atoms with Gasteiger partial charge in [0, 0.05) is 17.5 Å². The van der Waals surface area contributed by atoms with Crippen LogP contribution in [0.2, 0.25) is 5.15 Å². The molecule has 1 aromatic carbocycles. The van der Waals surface area contributed by atoms with E-state index < -0.39 is 10.9 Å². The molecule has 0 radical (unpaired) electrons. The monoisotopic (exact) mass is 281 g/mol. The summed E-state index contributed by atoms with van der Waals surface area (Å²) in [6, 6.07) is 3.96. The summed E-state index contributed by atoms with van der Waals surface area (Å²) in [7, 11) is 0. The number of hydrogen-bond donors (Lipinski definition) is 0. The van der Waals surface area contributed by atoms with Crippen LogP contribution in [-0.2, 0) is 4.74 Å². The van der Waals surface area contributed by atoms with Crippen LogP contribution >= 0.6 is 11.6 Å². The first-order valence-corrected chi connectivity index (χ1v) is 5.69. The van der Waals surface area contributed by atoms with E-state index in [9.17, 15) is 14.9 Å². The fourth-order valence-corrected chi connectivity index (χ4v) is 1.72. The van der Waals surface area contributed by atoms with E-state index in [1.807, 2.05) is 0 Å². The van der Waals surface area contributed by atoms with Gasteiger partial charge in [0.25, 0.3) is 5.69 Å². The van der Waals surface area contributed by atoms with E-state index in [0.717, 1.165) is 0 Å². The number of halogens is 1. The van der Waals surface area contributed by atoms with Gasteiger partial charge in [0.05, 0.1) is 17.0 Å². The van der Waals surface area contributed by atoms with Crippen molar-refractivity contribution in [1.29, 1.82) is 0 Å². The van der Waals surface area contributed by atoms with Gasteiger partial charge in [0.1, 0.15) is 5.15 Å². The number of esters is 1. The van der Waals surface area contributed by atoms with E-state index in [4.69, 9.17) is 16.3 Å². The average Bonchev–Trinajstić information content (AvgIpc) is 2.38. The summed E-state index contributed by atoms with van der Waals surface area (Å²) in [6.07, 6.45) is 0. The summed E-state index contributed by atoms with van der Waals surface area (Å²) >= 11 is 5.91. The highest BCUT2D eigenvalue weighted by Crippen LogP contribution is 2.24. The minimum Gasteiger partial charge on any atom is -0.460 e. The summed E-state index contributed by atoms with van der Waals surface area (Å²) in [5, 5.41) is 11.2. The number of nitro groups is 1. The van der Waals surface area contributed by atoms with Gasteiger partial charge in [-0.1, -0.05) is 11.6 Å². The topological polar surface area (TPSA) is 95.2 Å². The van der Waals surface area contributed by atoms with E-state index in [1.165, 1.54) is 18.2 Å². The molecule has 19 heavy (non-hydrogen) atoms. The molecule has 0 N–H and O–H groups in total. The van der Waals surface area contributed by atoms with E-state index in [1.54, 1.807) is 6.92 Å². The van der Waals surface area contributed by atoms with Crippen molar-refractivity contribution in [3.63, 3.8) is 0 Å². The van der Waals surface area contributed by atoms with E-state index in [0.29, 0.717) is 5.39 Å². The van der Waals surface area contributed by atoms with Gasteiger partial charge in [-0.05, 0) is 13.0 Å². The molecule has 1 heterocycles. The van der Waals surface area contributed by atoms with Crippen LogP contribution in [0.25, 0.3) is 10.9 Å². The van der Waals surface area contributed by atoms with Crippen LogP contribution in [0, 0.1) is 10.1 Å². The Morgan fingerprint density at radius 3 is 2.84 bits per heavy atom. The molecule has 0 aliphatic rings. The van der Waals surface area contributed by atoms with Crippen molar-refractivity contribution in [2.45, 2.75) is 6.92 Å². The van der Waals surface area contributed by atoms with Crippen molar-refractivity contribution in [2.24, 2.45) is 0 Å². The summed E-state index contributed by atoms with van der Waals surface area (Å²) in [5.41, 5.74) is 0.0781. The number of hydrogen-bond acceptors (Lipinski definition) is 6. The van der Waals surface area contributed by atoms with Crippen LogP contribution in [-0.4, -0.2) is 27.5 Å². The molecule has 0 amide bonds. The van der Waals surface area contributed by atoms with E-state index >= 15 is 0 Å². The molecule has 7 nitrogen and oxygen atoms in total. The third kappa shape index (κ3) is 2.60. The fourth-order valence-electron chi connectivity index (χ4n) is 1.48. The smallest absolute Gasteiger partial charge is 0.376 e. The second kappa shape index (κ2) is 5.15. The van der Waals surface area contributed by atoms with Crippen LogP contribution in [0.3, 0.4) is 0 Å². The first kappa shape index (κ1) is 13.2. The third-order valence-corrected chi connectivity index (χ3v) is 2.59. The highest BCUT2D eigenvalue weighted by atomic mass is 35.5. The molecule has 8 heteroatoms. The molecule has 2 aromatic rings. The molecule has 0 bridgehead atoms. The Morgan fingerprint density at radius 1 is 1.47 bits per heavy atom. The largest absolute Gasteiger partial charge is 0.460 e. The molecular formula is C11H8ClN3O4. The number of nitrogens with zero attached hydrogens (tertiary/aromatic N) is 3. The van der Waals surface area contributed by atoms with Gasteiger partial charge in [0.2, 0.25) is 5.82 Å². The number of fused-ring (bicyclic) bond motifs is 1. The number of carbonyl (C=O) groups excluding carboxylic acids is 1. The Balaban J connectivity index is 2.59. The van der Waals surface area contributed by atoms with Crippen molar-refractivity contribution < 1.29 is 14.5 Å². The molecule has 0 fully saturated rings. The number of ether oxygens (including phenoxy) is 1. The number of nitro benzene ring substituents is 1. The number of non-ortho nitro benzene ring substituents is 1. The van der Waals surface area contributed by atoms with Crippen molar-refractivity contribution in [2.75, 3.05) is 6.61 Å². The van der Waals surface area contributed by atoms with E-state index in [-0.39, 0.29) is 28.8 Å². The molecule has 0 unspecified atom stereocenters. The van der Waals surface area contributed by atoms with Gasteiger partial charge in [-0.3, -0.25) is 10.1 Å². The first-order chi connectivity index (χ1) is 9.02. The average molecular weight is 282 g/mol. The lowest BCUT2D eigenvalue weighted by Crippen LogP contribution is -2.10. The maximum absolute atomic E-state index is 11.5. The summed E-state index contributed by atoms with van der Waals surface area (Å²) in [6.45, 7) is 1.82. The van der Waals surface area contributed by atoms with Crippen LogP contribution in [0.5, 0.6) is 0 Å². The summed E-state index contributed by atoms with van der Waals surface area (Å²) in [5.74, 6) is -0.947.